The van der Waals surface area contributed by atoms with Crippen molar-refractivity contribution in [1.29, 1.82) is 0 Å². The number of hydrogen-bond acceptors (Lipinski definition) is 4. The fourth-order valence-corrected chi connectivity index (χ4v) is 1.12. The second kappa shape index (κ2) is 6.08. The van der Waals surface area contributed by atoms with Crippen LogP contribution in [0.1, 0.15) is 12.0 Å². The maximum Gasteiger partial charge on any atom is 0.273 e. The highest BCUT2D eigenvalue weighted by molar-refractivity contribution is 5.61. The molecule has 0 atom stereocenters. The Morgan fingerprint density at radius 2 is 2.33 bits per heavy atom. The minimum Gasteiger partial charge on any atom is -0.395 e. The smallest absolute Gasteiger partial charge is 0.273 e. The van der Waals surface area contributed by atoms with E-state index in [2.05, 4.69) is 21.9 Å². The van der Waals surface area contributed by atoms with E-state index in [-0.39, 0.29) is 24.2 Å². The lowest BCUT2D eigenvalue weighted by Crippen LogP contribution is -1.98. The highest BCUT2D eigenvalue weighted by Gasteiger charge is 2.13. The number of hydrogen-bond donors (Lipinski definition) is 1. The van der Waals surface area contributed by atoms with Crippen molar-refractivity contribution in [2.75, 3.05) is 12.3 Å². The molecule has 92 valence electrons. The molecule has 0 aliphatic rings. The lowest BCUT2D eigenvalue weighted by molar-refractivity contribution is -0.385. The van der Waals surface area contributed by atoms with Crippen molar-refractivity contribution in [2.45, 2.75) is 6.42 Å². The van der Waals surface area contributed by atoms with E-state index < -0.39 is 16.4 Å². The second-order valence-electron chi connectivity index (χ2n) is 3.15. The number of nitro benzene ring substituents is 1. The molecule has 1 rings (SSSR count). The molecule has 0 saturated carbocycles. The monoisotopic (exact) mass is 249 g/mol. The Balaban J connectivity index is 3.00. The van der Waals surface area contributed by atoms with Gasteiger partial charge in [0.05, 0.1) is 22.2 Å². The first kappa shape index (κ1) is 13.3. The lowest BCUT2D eigenvalue weighted by Gasteiger charge is -2.00. The summed E-state index contributed by atoms with van der Waals surface area (Å²) in [6.45, 7) is 0.167. The number of nitrogens with zero attached hydrogens (tertiary/aromatic N) is 4. The van der Waals surface area contributed by atoms with Gasteiger partial charge in [0, 0.05) is 23.9 Å². The van der Waals surface area contributed by atoms with Crippen LogP contribution < -0.4 is 5.73 Å². The summed E-state index contributed by atoms with van der Waals surface area (Å²) in [6.07, 6.45) is 0.258. The van der Waals surface area contributed by atoms with Crippen LogP contribution >= 0.6 is 0 Å². The molecule has 1 aromatic rings. The number of nitrogens with two attached hydrogens (primary N) is 1. The van der Waals surface area contributed by atoms with Crippen LogP contribution in [0, 0.1) is 27.8 Å². The number of azide groups is 1. The third kappa shape index (κ3) is 3.37. The van der Waals surface area contributed by atoms with Gasteiger partial charge in [0.2, 0.25) is 0 Å². The quantitative estimate of drug-likeness (QED) is 0.129. The first-order valence-electron chi connectivity index (χ1n) is 4.79. The molecule has 2 N–H and O–H groups in total. The Bertz CT molecular complexity index is 584. The van der Waals surface area contributed by atoms with Crippen LogP contribution in [0.2, 0.25) is 0 Å². The Kier molecular flexibility index (Phi) is 4.49. The summed E-state index contributed by atoms with van der Waals surface area (Å²) in [7, 11) is 0. The summed E-state index contributed by atoms with van der Waals surface area (Å²) in [6, 6.07) is 1.83. The van der Waals surface area contributed by atoms with Gasteiger partial charge in [0.1, 0.15) is 0 Å². The Labute approximate surface area is 101 Å². The summed E-state index contributed by atoms with van der Waals surface area (Å²) in [5, 5.41) is 13.8. The fraction of sp³-hybridized carbons (Fsp3) is 0.200. The van der Waals surface area contributed by atoms with Gasteiger partial charge >= 0.3 is 0 Å². The molecule has 8 heteroatoms. The summed E-state index contributed by atoms with van der Waals surface area (Å²) in [5.41, 5.74) is 12.8. The van der Waals surface area contributed by atoms with E-state index in [1.165, 1.54) is 0 Å². The predicted octanol–water partition coefficient (Wildman–Crippen LogP) is 2.37. The molecule has 0 unspecified atom stereocenters. The third-order valence-corrected chi connectivity index (χ3v) is 1.95. The summed E-state index contributed by atoms with van der Waals surface area (Å²) in [4.78, 5) is 12.3. The largest absolute Gasteiger partial charge is 0.395 e. The number of nitro groups is 1. The van der Waals surface area contributed by atoms with E-state index in [9.17, 15) is 14.5 Å². The molecule has 0 spiro atoms. The Morgan fingerprint density at radius 3 is 2.94 bits per heavy atom. The SMILES string of the molecule is [N-]=[N+]=NCCC#Cc1cc([N+](=O)[O-])cc(F)c1N. The zero-order chi connectivity index (χ0) is 13.5. The van der Waals surface area contributed by atoms with Gasteiger partial charge in [0.15, 0.2) is 5.82 Å². The number of benzene rings is 1. The van der Waals surface area contributed by atoms with Gasteiger partial charge in [-0.3, -0.25) is 10.1 Å². The zero-order valence-corrected chi connectivity index (χ0v) is 9.13. The second-order valence-corrected chi connectivity index (χ2v) is 3.15. The Morgan fingerprint density at radius 1 is 1.61 bits per heavy atom. The van der Waals surface area contributed by atoms with Crippen molar-refractivity contribution in [2.24, 2.45) is 5.11 Å². The molecule has 1 aromatic carbocycles. The molecule has 0 aliphatic heterocycles. The molecule has 7 nitrogen and oxygen atoms in total. The number of rotatable bonds is 3. The standard InChI is InChI=1S/C10H8FN5O2/c11-9-6-8(16(17)18)5-7(10(9)12)3-1-2-4-14-15-13/h5-6H,2,4,12H2. The minimum atomic E-state index is -0.886. The maximum atomic E-state index is 13.3. The van der Waals surface area contributed by atoms with Crippen molar-refractivity contribution in [3.05, 3.63) is 44.1 Å². The van der Waals surface area contributed by atoms with Crippen LogP contribution in [-0.2, 0) is 0 Å². The van der Waals surface area contributed by atoms with Crippen LogP contribution in [0.25, 0.3) is 10.4 Å². The Hall–Kier alpha value is -2.78. The predicted molar refractivity (Wildman–Crippen MR) is 63.0 cm³/mol. The van der Waals surface area contributed by atoms with Crippen molar-refractivity contribution in [3.63, 3.8) is 0 Å². The van der Waals surface area contributed by atoms with Gasteiger partial charge in [-0.05, 0) is 5.53 Å². The van der Waals surface area contributed by atoms with E-state index in [0.29, 0.717) is 0 Å². The molecule has 0 heterocycles. The maximum absolute atomic E-state index is 13.3. The van der Waals surface area contributed by atoms with Gasteiger partial charge in [0.25, 0.3) is 5.69 Å². The van der Waals surface area contributed by atoms with Gasteiger partial charge < -0.3 is 5.73 Å². The van der Waals surface area contributed by atoms with Crippen molar-refractivity contribution < 1.29 is 9.31 Å². The molecule has 0 radical (unpaired) electrons. The first-order valence-corrected chi connectivity index (χ1v) is 4.79. The van der Waals surface area contributed by atoms with E-state index in [4.69, 9.17) is 11.3 Å². The van der Waals surface area contributed by atoms with E-state index in [0.717, 1.165) is 12.1 Å². The van der Waals surface area contributed by atoms with Crippen molar-refractivity contribution >= 4 is 11.4 Å². The molecule has 0 bridgehead atoms. The topological polar surface area (TPSA) is 118 Å². The zero-order valence-electron chi connectivity index (χ0n) is 9.13. The molecular formula is C10H8FN5O2. The first-order chi connectivity index (χ1) is 8.56. The fourth-order valence-electron chi connectivity index (χ4n) is 1.12. The highest BCUT2D eigenvalue weighted by Crippen LogP contribution is 2.22. The summed E-state index contributed by atoms with van der Waals surface area (Å²) >= 11 is 0. The van der Waals surface area contributed by atoms with Crippen LogP contribution in [0.3, 0.4) is 0 Å². The van der Waals surface area contributed by atoms with Gasteiger partial charge in [-0.2, -0.15) is 0 Å². The average Bonchev–Trinajstić information content (AvgIpc) is 2.33. The lowest BCUT2D eigenvalue weighted by atomic mass is 10.1. The molecule has 0 saturated heterocycles. The molecule has 0 aliphatic carbocycles. The van der Waals surface area contributed by atoms with Crippen LogP contribution in [0.5, 0.6) is 0 Å². The minimum absolute atomic E-state index is 0.0441. The normalized spacial score (nSPS) is 8.94. The summed E-state index contributed by atoms with van der Waals surface area (Å²) in [5.74, 6) is 4.21. The van der Waals surface area contributed by atoms with E-state index in [1.54, 1.807) is 0 Å². The highest BCUT2D eigenvalue weighted by atomic mass is 19.1. The van der Waals surface area contributed by atoms with Gasteiger partial charge in [-0.25, -0.2) is 4.39 Å². The number of nitrogen functional groups attached to an aromatic ring is 1. The number of non-ortho nitro benzene ring substituents is 1. The molecular weight excluding hydrogens is 241 g/mol. The summed E-state index contributed by atoms with van der Waals surface area (Å²) < 4.78 is 13.3. The van der Waals surface area contributed by atoms with Crippen molar-refractivity contribution in [1.82, 2.24) is 0 Å². The molecule has 18 heavy (non-hydrogen) atoms. The third-order valence-electron chi connectivity index (χ3n) is 1.95. The van der Waals surface area contributed by atoms with E-state index >= 15 is 0 Å². The molecule has 0 amide bonds. The molecule has 0 aromatic heterocycles. The van der Waals surface area contributed by atoms with Crippen LogP contribution in [0.15, 0.2) is 17.2 Å². The van der Waals surface area contributed by atoms with Crippen LogP contribution in [-0.4, -0.2) is 11.5 Å². The van der Waals surface area contributed by atoms with Crippen LogP contribution in [0.4, 0.5) is 15.8 Å². The molecule has 0 fully saturated rings. The van der Waals surface area contributed by atoms with E-state index in [1.807, 2.05) is 0 Å². The van der Waals surface area contributed by atoms with Gasteiger partial charge in [-0.15, -0.1) is 0 Å². The number of anilines is 1. The average molecular weight is 249 g/mol. The number of halogens is 1. The van der Waals surface area contributed by atoms with Crippen molar-refractivity contribution in [3.8, 4) is 11.8 Å². The van der Waals surface area contributed by atoms with Gasteiger partial charge in [-0.1, -0.05) is 17.0 Å².